The Morgan fingerprint density at radius 1 is 0.636 bits per heavy atom. The molecule has 3 aliphatic heterocycles. The molecule has 0 radical (unpaired) electrons. The summed E-state index contributed by atoms with van der Waals surface area (Å²) in [7, 11) is 5.27. The van der Waals surface area contributed by atoms with E-state index in [1.807, 2.05) is 0 Å². The fourth-order valence-electron chi connectivity index (χ4n) is 10.1. The van der Waals surface area contributed by atoms with Gasteiger partial charge < -0.3 is 53.0 Å². The van der Waals surface area contributed by atoms with Crippen LogP contribution in [-0.4, -0.2) is 141 Å². The van der Waals surface area contributed by atoms with Gasteiger partial charge in [-0.2, -0.15) is 0 Å². The molecule has 2 aromatic carbocycles. The number of amides is 3. The number of nitrogens with zero attached hydrogens (tertiary/aromatic N) is 2. The Morgan fingerprint density at radius 3 is 1.58 bits per heavy atom. The number of alkyl carbamates (subject to hydrolysis) is 1. The van der Waals surface area contributed by atoms with Crippen LogP contribution in [0.15, 0.2) is 36.4 Å². The smallest absolute Gasteiger partial charge is 0.407 e. The second-order valence-corrected chi connectivity index (χ2v) is 17.5. The van der Waals surface area contributed by atoms with Gasteiger partial charge in [0.1, 0.15) is 18.1 Å². The number of benzene rings is 2. The summed E-state index contributed by atoms with van der Waals surface area (Å²) >= 11 is 0. The summed E-state index contributed by atoms with van der Waals surface area (Å²) in [4.78, 5) is 109. The molecule has 3 amide bonds. The van der Waals surface area contributed by atoms with Crippen LogP contribution in [-0.2, 0) is 52.4 Å². The molecule has 0 unspecified atom stereocenters. The average Bonchev–Trinajstić information content (AvgIpc) is 4.14. The van der Waals surface area contributed by atoms with E-state index in [0.29, 0.717) is 25.7 Å². The zero-order valence-electron chi connectivity index (χ0n) is 37.9. The Morgan fingerprint density at radius 2 is 1.12 bits per heavy atom. The minimum atomic E-state index is -1.13. The lowest BCUT2D eigenvalue weighted by atomic mass is 9.96. The Kier molecular flexibility index (Phi) is 15.0. The summed E-state index contributed by atoms with van der Waals surface area (Å²) in [5.41, 5.74) is 0.327. The van der Waals surface area contributed by atoms with Gasteiger partial charge in [0.15, 0.2) is 47.8 Å². The van der Waals surface area contributed by atoms with Gasteiger partial charge in [0.2, 0.25) is 11.8 Å². The van der Waals surface area contributed by atoms with Crippen molar-refractivity contribution in [1.82, 2.24) is 15.1 Å². The van der Waals surface area contributed by atoms with E-state index in [1.54, 1.807) is 13.8 Å². The van der Waals surface area contributed by atoms with Gasteiger partial charge in [0.05, 0.1) is 38.8 Å². The van der Waals surface area contributed by atoms with E-state index in [0.717, 1.165) is 25.7 Å². The van der Waals surface area contributed by atoms with E-state index in [2.05, 4.69) is 5.32 Å². The number of likely N-dealkylation sites (tertiary alicyclic amines) is 2. The van der Waals surface area contributed by atoms with Gasteiger partial charge >= 0.3 is 24.0 Å². The molecule has 19 nitrogen and oxygen atoms in total. The first-order valence-electron chi connectivity index (χ1n) is 22.3. The molecule has 2 saturated carbocycles. The van der Waals surface area contributed by atoms with Crippen LogP contribution in [0.2, 0.25) is 0 Å². The van der Waals surface area contributed by atoms with Crippen LogP contribution in [0.3, 0.4) is 0 Å². The molecule has 10 atom stereocenters. The zero-order chi connectivity index (χ0) is 47.4. The van der Waals surface area contributed by atoms with Crippen molar-refractivity contribution in [3.63, 3.8) is 0 Å². The summed E-state index contributed by atoms with van der Waals surface area (Å²) in [6.07, 6.45) is 3.17. The quantitative estimate of drug-likeness (QED) is 0.111. The predicted molar refractivity (Wildman–Crippen MR) is 229 cm³/mol. The molecular formula is C47H57N3O16. The highest BCUT2D eigenvalue weighted by molar-refractivity contribution is 6.00. The molecule has 1 N–H and O–H groups in total. The van der Waals surface area contributed by atoms with Gasteiger partial charge in [-0.3, -0.25) is 24.0 Å². The summed E-state index contributed by atoms with van der Waals surface area (Å²) in [6.45, 7) is 2.09. The number of carbonyl (C=O) groups is 8. The van der Waals surface area contributed by atoms with Gasteiger partial charge in [-0.1, -0.05) is 12.8 Å². The molecule has 7 rings (SSSR count). The number of hydrogen-bond acceptors (Lipinski definition) is 16. The molecule has 4 fully saturated rings. The number of rotatable bonds is 17. The Balaban J connectivity index is 0.954. The highest BCUT2D eigenvalue weighted by Crippen LogP contribution is 2.47. The number of methoxy groups -OCH3 is 4. The first-order valence-corrected chi connectivity index (χ1v) is 22.3. The summed E-state index contributed by atoms with van der Waals surface area (Å²) in [5.74, 6) is -3.86. The van der Waals surface area contributed by atoms with E-state index in [1.165, 1.54) is 74.6 Å². The molecule has 66 heavy (non-hydrogen) atoms. The Bertz CT molecular complexity index is 2080. The second-order valence-electron chi connectivity index (χ2n) is 17.5. The molecule has 0 aromatic heterocycles. The summed E-state index contributed by atoms with van der Waals surface area (Å²) in [6, 6.07) is 5.39. The van der Waals surface area contributed by atoms with E-state index >= 15 is 0 Å². The number of esters is 3. The van der Waals surface area contributed by atoms with Crippen molar-refractivity contribution in [2.75, 3.05) is 41.7 Å². The van der Waals surface area contributed by atoms with Crippen LogP contribution in [0.4, 0.5) is 4.79 Å². The number of ketones is 2. The standard InChI is InChI=1S/C47H57N3O16/c1-24(59-3)30(21-41(53)61-5)43(54)49-31-11-7-9-26(31)17-33(49)45(56)63-22-35(51)28-13-15-37-39(19-28)65-38-16-14-29(20-40(38)66-37)36(52)23-64-46(57)34-18-27-10-8-12-32(27)50(34)44(55)42(25(2)60-4)48-47(58)62-6/h13-16,19-20,24-27,30-34,42H,7-12,17-18,21-23H2,1-6H3,(H,48,58)/t24-,25-,26+,27-,30+,31+,32-,33+,34+,42+/m1/s1. The van der Waals surface area contributed by atoms with Gasteiger partial charge in [-0.15, -0.1) is 0 Å². The van der Waals surface area contributed by atoms with Crippen molar-refractivity contribution < 1.29 is 76.3 Å². The third kappa shape index (κ3) is 9.87. The highest BCUT2D eigenvalue weighted by Gasteiger charge is 2.53. The third-order valence-electron chi connectivity index (χ3n) is 13.8. The van der Waals surface area contributed by atoms with Crippen LogP contribution < -0.4 is 14.8 Å². The third-order valence-corrected chi connectivity index (χ3v) is 13.8. The lowest BCUT2D eigenvalue weighted by Gasteiger charge is -2.33. The SMILES string of the molecule is COC(=O)C[C@H](C(=O)N1[C@H](C(=O)OCC(=O)c2ccc3c(c2)Oc2ccc(C(=O)COC(=O)[C@@H]4C[C@H]5CCC[C@H]5N4C(=O)[C@@H](NC(=O)OC)[C@@H](C)OC)cc2O3)C[C@@H]2CCC[C@@H]21)[C@@H](C)OC. The number of ether oxygens (including phenoxy) is 8. The predicted octanol–water partition coefficient (Wildman–Crippen LogP) is 4.55. The summed E-state index contributed by atoms with van der Waals surface area (Å²) < 4.78 is 43.5. The maximum Gasteiger partial charge on any atom is 0.407 e. The number of hydrogen-bond donors (Lipinski definition) is 1. The lowest BCUT2D eigenvalue weighted by Crippen LogP contribution is -2.58. The lowest BCUT2D eigenvalue weighted by molar-refractivity contribution is -0.159. The van der Waals surface area contributed by atoms with Gasteiger partial charge in [0, 0.05) is 37.4 Å². The van der Waals surface area contributed by atoms with E-state index in [-0.39, 0.29) is 64.5 Å². The maximum absolute atomic E-state index is 14.0. The molecule has 5 aliphatic rings. The average molecular weight is 920 g/mol. The van der Waals surface area contributed by atoms with E-state index in [4.69, 9.17) is 37.9 Å². The second kappa shape index (κ2) is 20.6. The van der Waals surface area contributed by atoms with Crippen LogP contribution in [0, 0.1) is 17.8 Å². The number of fused-ring (bicyclic) bond motifs is 4. The molecular weight excluding hydrogens is 863 g/mol. The molecule has 2 aliphatic carbocycles. The number of carbonyl (C=O) groups excluding carboxylic acids is 8. The van der Waals surface area contributed by atoms with Crippen LogP contribution >= 0.6 is 0 Å². The van der Waals surface area contributed by atoms with Gasteiger partial charge in [0.25, 0.3) is 0 Å². The number of nitrogens with one attached hydrogen (secondary N) is 1. The van der Waals surface area contributed by atoms with Crippen molar-refractivity contribution >= 4 is 47.4 Å². The van der Waals surface area contributed by atoms with Crippen molar-refractivity contribution in [3.05, 3.63) is 47.5 Å². The topological polar surface area (TPSA) is 229 Å². The molecule has 2 aromatic rings. The number of Topliss-reactive ketones (excluding diaryl/α,β-unsaturated/α-hetero) is 2. The molecule has 2 saturated heterocycles. The van der Waals surface area contributed by atoms with Crippen molar-refractivity contribution in [2.24, 2.45) is 17.8 Å². The van der Waals surface area contributed by atoms with Crippen molar-refractivity contribution in [2.45, 2.75) is 114 Å². The Labute approximate surface area is 382 Å². The van der Waals surface area contributed by atoms with Gasteiger partial charge in [-0.25, -0.2) is 14.4 Å². The molecule has 0 bridgehead atoms. The van der Waals surface area contributed by atoms with Crippen LogP contribution in [0.25, 0.3) is 0 Å². The van der Waals surface area contributed by atoms with Crippen molar-refractivity contribution in [3.8, 4) is 23.0 Å². The molecule has 0 spiro atoms. The normalized spacial score (nSPS) is 24.2. The fraction of sp³-hybridized carbons (Fsp3) is 0.574. The van der Waals surface area contributed by atoms with Crippen LogP contribution in [0.5, 0.6) is 23.0 Å². The molecule has 19 heteroatoms. The first kappa shape index (κ1) is 47.9. The highest BCUT2D eigenvalue weighted by atomic mass is 16.6. The zero-order valence-corrected chi connectivity index (χ0v) is 37.9. The molecule has 3 heterocycles. The van der Waals surface area contributed by atoms with Crippen molar-refractivity contribution in [1.29, 1.82) is 0 Å². The fourth-order valence-corrected chi connectivity index (χ4v) is 10.1. The maximum atomic E-state index is 14.0. The van der Waals surface area contributed by atoms with E-state index in [9.17, 15) is 38.4 Å². The first-order chi connectivity index (χ1) is 31.7. The monoisotopic (exact) mass is 919 g/mol. The van der Waals surface area contributed by atoms with Crippen LogP contribution in [0.1, 0.15) is 92.4 Å². The molecule has 356 valence electrons. The van der Waals surface area contributed by atoms with E-state index < -0.39 is 96.8 Å². The van der Waals surface area contributed by atoms with Gasteiger partial charge in [-0.05, 0) is 101 Å². The Hall–Kier alpha value is -6.08. The largest absolute Gasteiger partial charge is 0.469 e. The minimum absolute atomic E-state index is 0.0590. The minimum Gasteiger partial charge on any atom is -0.469 e. The summed E-state index contributed by atoms with van der Waals surface area (Å²) in [5, 5.41) is 2.52.